The summed E-state index contributed by atoms with van der Waals surface area (Å²) in [7, 11) is 0. The summed E-state index contributed by atoms with van der Waals surface area (Å²) < 4.78 is 28.4. The number of carbonyl (C=O) groups is 3. The predicted molar refractivity (Wildman–Crippen MR) is 103 cm³/mol. The highest BCUT2D eigenvalue weighted by molar-refractivity contribution is 5.99. The number of benzene rings is 2. The highest BCUT2D eigenvalue weighted by atomic mass is 19.1. The van der Waals surface area contributed by atoms with Crippen molar-refractivity contribution in [3.05, 3.63) is 59.4 Å². The topological polar surface area (TPSA) is 90.9 Å². The number of carbonyl (C=O) groups excluding carboxylic acids is 3. The van der Waals surface area contributed by atoms with E-state index in [1.165, 1.54) is 36.4 Å². The molecule has 2 aromatic rings. The molecular formula is C21H22FNO6. The van der Waals surface area contributed by atoms with Crippen molar-refractivity contribution in [2.24, 2.45) is 0 Å². The molecule has 29 heavy (non-hydrogen) atoms. The fraction of sp³-hybridized carbons (Fsp3) is 0.286. The predicted octanol–water partition coefficient (Wildman–Crippen LogP) is 3.59. The molecule has 0 heterocycles. The molecule has 2 rings (SSSR count). The molecule has 0 fully saturated rings. The lowest BCUT2D eigenvalue weighted by atomic mass is 10.1. The van der Waals surface area contributed by atoms with Crippen molar-refractivity contribution in [1.29, 1.82) is 0 Å². The van der Waals surface area contributed by atoms with E-state index in [2.05, 4.69) is 5.32 Å². The summed E-state index contributed by atoms with van der Waals surface area (Å²) in [6, 6.07) is 9.75. The van der Waals surface area contributed by atoms with E-state index in [0.29, 0.717) is 5.75 Å². The normalized spacial score (nSPS) is 10.2. The fourth-order valence-electron chi connectivity index (χ4n) is 2.41. The largest absolute Gasteiger partial charge is 0.493 e. The van der Waals surface area contributed by atoms with E-state index in [1.54, 1.807) is 19.9 Å². The second-order valence-electron chi connectivity index (χ2n) is 5.84. The zero-order valence-corrected chi connectivity index (χ0v) is 16.2. The third-order valence-corrected chi connectivity index (χ3v) is 3.63. The van der Waals surface area contributed by atoms with Crippen LogP contribution in [0.15, 0.2) is 42.5 Å². The Morgan fingerprint density at radius 1 is 0.931 bits per heavy atom. The number of halogens is 1. The van der Waals surface area contributed by atoms with Gasteiger partial charge in [-0.15, -0.1) is 0 Å². The van der Waals surface area contributed by atoms with Crippen LogP contribution in [0.2, 0.25) is 0 Å². The van der Waals surface area contributed by atoms with Gasteiger partial charge in [-0.3, -0.25) is 4.79 Å². The first kappa shape index (κ1) is 21.9. The van der Waals surface area contributed by atoms with E-state index in [0.717, 1.165) is 0 Å². The molecule has 1 amide bonds. The van der Waals surface area contributed by atoms with Crippen molar-refractivity contribution in [3.8, 4) is 5.75 Å². The number of esters is 2. The third-order valence-electron chi connectivity index (χ3n) is 3.63. The molecule has 0 aromatic heterocycles. The van der Waals surface area contributed by atoms with Crippen LogP contribution in [0.5, 0.6) is 5.75 Å². The monoisotopic (exact) mass is 403 g/mol. The molecule has 8 heteroatoms. The van der Waals surface area contributed by atoms with Gasteiger partial charge in [0, 0.05) is 11.8 Å². The van der Waals surface area contributed by atoms with Gasteiger partial charge < -0.3 is 19.5 Å². The second kappa shape index (κ2) is 10.8. The molecular weight excluding hydrogens is 381 g/mol. The van der Waals surface area contributed by atoms with Crippen LogP contribution in [0, 0.1) is 5.82 Å². The molecule has 0 aliphatic heterocycles. The number of hydrogen-bond acceptors (Lipinski definition) is 6. The zero-order chi connectivity index (χ0) is 21.2. The third kappa shape index (κ3) is 6.91. The van der Waals surface area contributed by atoms with Crippen molar-refractivity contribution in [3.63, 3.8) is 0 Å². The Bertz CT molecular complexity index is 847. The van der Waals surface area contributed by atoms with Crippen LogP contribution in [0.1, 0.15) is 41.0 Å². The van der Waals surface area contributed by atoms with Gasteiger partial charge in [-0.1, -0.05) is 6.07 Å². The molecule has 2 aromatic carbocycles. The van der Waals surface area contributed by atoms with E-state index >= 15 is 0 Å². The molecule has 0 aliphatic carbocycles. The van der Waals surface area contributed by atoms with E-state index in [-0.39, 0.29) is 43.1 Å². The Morgan fingerprint density at radius 2 is 1.55 bits per heavy atom. The number of hydrogen-bond donors (Lipinski definition) is 1. The number of rotatable bonds is 9. The van der Waals surface area contributed by atoms with Crippen LogP contribution in [0.3, 0.4) is 0 Å². The minimum absolute atomic E-state index is 0.0190. The maximum absolute atomic E-state index is 13.1. The van der Waals surface area contributed by atoms with Gasteiger partial charge in [0.05, 0.1) is 37.4 Å². The van der Waals surface area contributed by atoms with Gasteiger partial charge in [-0.05, 0) is 44.2 Å². The van der Waals surface area contributed by atoms with Crippen molar-refractivity contribution in [2.75, 3.05) is 25.1 Å². The smallest absolute Gasteiger partial charge is 0.338 e. The Hall–Kier alpha value is -3.42. The van der Waals surface area contributed by atoms with Crippen LogP contribution >= 0.6 is 0 Å². The average Bonchev–Trinajstić information content (AvgIpc) is 2.68. The summed E-state index contributed by atoms with van der Waals surface area (Å²) in [4.78, 5) is 36.3. The van der Waals surface area contributed by atoms with Crippen LogP contribution in [-0.2, 0) is 14.3 Å². The fourth-order valence-corrected chi connectivity index (χ4v) is 2.41. The summed E-state index contributed by atoms with van der Waals surface area (Å²) in [5, 5.41) is 2.61. The Morgan fingerprint density at radius 3 is 2.10 bits per heavy atom. The summed E-state index contributed by atoms with van der Waals surface area (Å²) in [5.74, 6) is -1.77. The summed E-state index contributed by atoms with van der Waals surface area (Å²) in [6.07, 6.45) is -0.0190. The molecule has 0 saturated heterocycles. The first-order valence-corrected chi connectivity index (χ1v) is 9.10. The minimum atomic E-state index is -0.622. The molecule has 0 atom stereocenters. The summed E-state index contributed by atoms with van der Waals surface area (Å²) in [5.41, 5.74) is 0.474. The lowest BCUT2D eigenvalue weighted by molar-refractivity contribution is -0.116. The second-order valence-corrected chi connectivity index (χ2v) is 5.84. The van der Waals surface area contributed by atoms with Crippen molar-refractivity contribution >= 4 is 23.5 Å². The highest BCUT2D eigenvalue weighted by Crippen LogP contribution is 2.18. The number of anilines is 1. The van der Waals surface area contributed by atoms with Crippen LogP contribution in [0.25, 0.3) is 0 Å². The molecule has 1 N–H and O–H groups in total. The Labute approximate surface area is 167 Å². The first-order chi connectivity index (χ1) is 13.9. The van der Waals surface area contributed by atoms with E-state index < -0.39 is 23.7 Å². The Balaban J connectivity index is 2.05. The molecule has 0 saturated carbocycles. The van der Waals surface area contributed by atoms with E-state index in [9.17, 15) is 18.8 Å². The average molecular weight is 403 g/mol. The molecule has 154 valence electrons. The number of nitrogens with one attached hydrogen (secondary N) is 1. The quantitative estimate of drug-likeness (QED) is 0.644. The minimum Gasteiger partial charge on any atom is -0.493 e. The molecule has 0 bridgehead atoms. The van der Waals surface area contributed by atoms with Crippen molar-refractivity contribution < 1.29 is 33.0 Å². The molecule has 0 spiro atoms. The van der Waals surface area contributed by atoms with Crippen molar-refractivity contribution in [2.45, 2.75) is 20.3 Å². The molecule has 0 radical (unpaired) electrons. The van der Waals surface area contributed by atoms with Crippen LogP contribution in [-0.4, -0.2) is 37.7 Å². The maximum atomic E-state index is 13.1. The number of amides is 1. The zero-order valence-electron chi connectivity index (χ0n) is 16.2. The van der Waals surface area contributed by atoms with Crippen LogP contribution < -0.4 is 10.1 Å². The molecule has 0 unspecified atom stereocenters. The first-order valence-electron chi connectivity index (χ1n) is 9.10. The number of ether oxygens (including phenoxy) is 3. The summed E-state index contributed by atoms with van der Waals surface area (Å²) >= 11 is 0. The maximum Gasteiger partial charge on any atom is 0.338 e. The lowest BCUT2D eigenvalue weighted by Crippen LogP contribution is -2.17. The van der Waals surface area contributed by atoms with Gasteiger partial charge in [0.15, 0.2) is 0 Å². The van der Waals surface area contributed by atoms with E-state index in [4.69, 9.17) is 14.2 Å². The standard InChI is InChI=1S/C21H22FNO6/c1-3-27-20(25)14-10-15(21(26)28-4-2)12-17(11-14)23-19(24)8-9-29-18-7-5-6-16(22)13-18/h5-7,10-13H,3-4,8-9H2,1-2H3,(H,23,24). The van der Waals surface area contributed by atoms with Crippen molar-refractivity contribution in [1.82, 2.24) is 0 Å². The highest BCUT2D eigenvalue weighted by Gasteiger charge is 2.16. The van der Waals surface area contributed by atoms with Gasteiger partial charge in [0.1, 0.15) is 11.6 Å². The van der Waals surface area contributed by atoms with Gasteiger partial charge in [-0.2, -0.15) is 0 Å². The molecule has 0 aliphatic rings. The van der Waals surface area contributed by atoms with Crippen LogP contribution in [0.4, 0.5) is 10.1 Å². The van der Waals surface area contributed by atoms with E-state index in [1.807, 2.05) is 0 Å². The lowest BCUT2D eigenvalue weighted by Gasteiger charge is -2.11. The van der Waals surface area contributed by atoms with Gasteiger partial charge in [-0.25, -0.2) is 14.0 Å². The van der Waals surface area contributed by atoms with Gasteiger partial charge in [0.25, 0.3) is 0 Å². The van der Waals surface area contributed by atoms with Gasteiger partial charge in [0.2, 0.25) is 5.91 Å². The Kier molecular flexibility index (Phi) is 8.14. The van der Waals surface area contributed by atoms with Gasteiger partial charge >= 0.3 is 11.9 Å². The molecule has 7 nitrogen and oxygen atoms in total. The summed E-state index contributed by atoms with van der Waals surface area (Å²) in [6.45, 7) is 3.68. The SMILES string of the molecule is CCOC(=O)c1cc(NC(=O)CCOc2cccc(F)c2)cc(C(=O)OCC)c1.